The number of fused-ring (bicyclic) bond motifs is 1. The molecule has 0 aliphatic carbocycles. The number of hydrogen-bond acceptors (Lipinski definition) is 1. The quantitative estimate of drug-likeness (QED) is 0.755. The zero-order chi connectivity index (χ0) is 11.6. The third-order valence-electron chi connectivity index (χ3n) is 2.27. The Morgan fingerprint density at radius 3 is 2.38 bits per heavy atom. The van der Waals surface area contributed by atoms with Gasteiger partial charge in [0.25, 0.3) is 0 Å². The molecule has 4 heteroatoms. The maximum absolute atomic E-state index is 11.9. The first-order chi connectivity index (χ1) is 7.56. The van der Waals surface area contributed by atoms with Crippen molar-refractivity contribution in [3.63, 3.8) is 0 Å². The van der Waals surface area contributed by atoms with Crippen molar-refractivity contribution >= 4 is 10.8 Å². The molecule has 0 N–H and O–H groups in total. The first-order valence-electron chi connectivity index (χ1n) is 4.73. The Labute approximate surface area is 90.5 Å². The van der Waals surface area contributed by atoms with Crippen LogP contribution in [-0.4, -0.2) is 6.36 Å². The summed E-state index contributed by atoms with van der Waals surface area (Å²) in [7, 11) is 0. The summed E-state index contributed by atoms with van der Waals surface area (Å²) in [6, 6.07) is 12.5. The fourth-order valence-electron chi connectivity index (χ4n) is 1.58. The van der Waals surface area contributed by atoms with Crippen LogP contribution in [0.2, 0.25) is 0 Å². The summed E-state index contributed by atoms with van der Waals surface area (Å²) < 4.78 is 39.6. The van der Waals surface area contributed by atoms with Crippen molar-refractivity contribution in [2.75, 3.05) is 0 Å². The average molecular weight is 226 g/mol. The van der Waals surface area contributed by atoms with Gasteiger partial charge in [-0.15, -0.1) is 13.2 Å². The Morgan fingerprint density at radius 1 is 0.938 bits per heavy atom. The Bertz CT molecular complexity index is 486. The Balaban J connectivity index is 2.30. The van der Waals surface area contributed by atoms with Crippen LogP contribution >= 0.6 is 0 Å². The summed E-state index contributed by atoms with van der Waals surface area (Å²) in [5, 5.41) is 1.69. The lowest BCUT2D eigenvalue weighted by Gasteiger charge is -2.09. The van der Waals surface area contributed by atoms with Gasteiger partial charge in [-0.2, -0.15) is 0 Å². The largest absolute Gasteiger partial charge is 0.522 e. The van der Waals surface area contributed by atoms with Crippen LogP contribution in [0.4, 0.5) is 13.2 Å². The van der Waals surface area contributed by atoms with E-state index >= 15 is 0 Å². The average Bonchev–Trinajstić information content (AvgIpc) is 2.25. The molecule has 0 amide bonds. The van der Waals surface area contributed by atoms with Gasteiger partial charge in [0, 0.05) is 0 Å². The van der Waals surface area contributed by atoms with Gasteiger partial charge in [0.1, 0.15) is 0 Å². The first kappa shape index (κ1) is 11.0. The van der Waals surface area contributed by atoms with Crippen molar-refractivity contribution in [2.24, 2.45) is 0 Å². The van der Waals surface area contributed by atoms with Crippen molar-refractivity contribution in [1.82, 2.24) is 0 Å². The molecule has 2 rings (SSSR count). The normalized spacial score (nSPS) is 11.9. The van der Waals surface area contributed by atoms with Crippen molar-refractivity contribution in [2.45, 2.75) is 13.0 Å². The molecular weight excluding hydrogens is 217 g/mol. The van der Waals surface area contributed by atoms with E-state index in [1.54, 1.807) is 24.3 Å². The molecule has 16 heavy (non-hydrogen) atoms. The van der Waals surface area contributed by atoms with Crippen molar-refractivity contribution in [3.8, 4) is 0 Å². The van der Waals surface area contributed by atoms with Gasteiger partial charge in [0.05, 0.1) is 6.61 Å². The predicted molar refractivity (Wildman–Crippen MR) is 54.8 cm³/mol. The summed E-state index contributed by atoms with van der Waals surface area (Å²) in [6.45, 7) is -0.454. The van der Waals surface area contributed by atoms with Crippen LogP contribution in [0.3, 0.4) is 0 Å². The van der Waals surface area contributed by atoms with Gasteiger partial charge in [-0.25, -0.2) is 0 Å². The molecule has 0 aliphatic rings. The molecule has 0 saturated heterocycles. The third-order valence-corrected chi connectivity index (χ3v) is 2.27. The molecule has 0 aromatic heterocycles. The standard InChI is InChI=1S/C12H9F3O/c13-12(14,15)16-8-10-6-3-5-9-4-1-2-7-11(9)10/h1-7H,8H2. The van der Waals surface area contributed by atoms with Crippen LogP contribution in [0.1, 0.15) is 5.56 Å². The van der Waals surface area contributed by atoms with Crippen LogP contribution in [0.25, 0.3) is 10.8 Å². The summed E-state index contributed by atoms with van der Waals surface area (Å²) in [5.74, 6) is 0. The van der Waals surface area contributed by atoms with Gasteiger partial charge < -0.3 is 0 Å². The molecule has 1 nitrogen and oxygen atoms in total. The summed E-state index contributed by atoms with van der Waals surface area (Å²) in [5.41, 5.74) is 0.537. The maximum Gasteiger partial charge on any atom is 0.522 e. The molecule has 0 saturated carbocycles. The topological polar surface area (TPSA) is 9.23 Å². The molecule has 0 fully saturated rings. The molecule has 0 bridgehead atoms. The van der Waals surface area contributed by atoms with Gasteiger partial charge in [0.15, 0.2) is 0 Å². The van der Waals surface area contributed by atoms with E-state index in [9.17, 15) is 13.2 Å². The minimum atomic E-state index is -4.59. The van der Waals surface area contributed by atoms with E-state index in [4.69, 9.17) is 0 Å². The minimum Gasteiger partial charge on any atom is -0.287 e. The van der Waals surface area contributed by atoms with E-state index < -0.39 is 13.0 Å². The monoisotopic (exact) mass is 226 g/mol. The Kier molecular flexibility index (Phi) is 2.83. The number of ether oxygens (including phenoxy) is 1. The number of halogens is 3. The number of rotatable bonds is 2. The number of hydrogen-bond donors (Lipinski definition) is 0. The Hall–Kier alpha value is -1.55. The van der Waals surface area contributed by atoms with Crippen molar-refractivity contribution in [1.29, 1.82) is 0 Å². The second kappa shape index (κ2) is 4.14. The highest BCUT2D eigenvalue weighted by molar-refractivity contribution is 5.85. The van der Waals surface area contributed by atoms with Gasteiger partial charge in [0.2, 0.25) is 0 Å². The first-order valence-corrected chi connectivity index (χ1v) is 4.73. The predicted octanol–water partition coefficient (Wildman–Crippen LogP) is 3.88. The van der Waals surface area contributed by atoms with Crippen molar-refractivity contribution < 1.29 is 17.9 Å². The van der Waals surface area contributed by atoms with E-state index in [1.807, 2.05) is 18.2 Å². The molecule has 2 aromatic rings. The smallest absolute Gasteiger partial charge is 0.287 e. The minimum absolute atomic E-state index is 0.454. The third kappa shape index (κ3) is 2.52. The second-order valence-corrected chi connectivity index (χ2v) is 3.37. The number of benzene rings is 2. The maximum atomic E-state index is 11.9. The summed E-state index contributed by atoms with van der Waals surface area (Å²) >= 11 is 0. The molecule has 0 heterocycles. The zero-order valence-electron chi connectivity index (χ0n) is 8.29. The highest BCUT2D eigenvalue weighted by Gasteiger charge is 2.29. The van der Waals surface area contributed by atoms with Gasteiger partial charge in [-0.3, -0.25) is 4.74 Å². The van der Waals surface area contributed by atoms with Gasteiger partial charge >= 0.3 is 6.36 Å². The van der Waals surface area contributed by atoms with E-state index in [2.05, 4.69) is 4.74 Å². The van der Waals surface area contributed by atoms with Gasteiger partial charge in [-0.05, 0) is 16.3 Å². The highest BCUT2D eigenvalue weighted by Crippen LogP contribution is 2.23. The lowest BCUT2D eigenvalue weighted by molar-refractivity contribution is -0.330. The second-order valence-electron chi connectivity index (χ2n) is 3.37. The van der Waals surface area contributed by atoms with E-state index in [1.165, 1.54) is 0 Å². The molecule has 0 aliphatic heterocycles. The lowest BCUT2D eigenvalue weighted by Crippen LogP contribution is -2.12. The molecule has 0 radical (unpaired) electrons. The van der Waals surface area contributed by atoms with E-state index in [-0.39, 0.29) is 0 Å². The molecular formula is C12H9F3O. The fraction of sp³-hybridized carbons (Fsp3) is 0.167. The molecule has 0 unspecified atom stereocenters. The molecule has 0 spiro atoms. The highest BCUT2D eigenvalue weighted by atomic mass is 19.4. The molecule has 0 atom stereocenters. The van der Waals surface area contributed by atoms with E-state index in [0.29, 0.717) is 5.56 Å². The lowest BCUT2D eigenvalue weighted by atomic mass is 10.1. The molecule has 2 aromatic carbocycles. The Morgan fingerprint density at radius 2 is 1.62 bits per heavy atom. The summed E-state index contributed by atoms with van der Waals surface area (Å²) in [4.78, 5) is 0. The van der Waals surface area contributed by atoms with E-state index in [0.717, 1.165) is 10.8 Å². The SMILES string of the molecule is FC(F)(F)OCc1cccc2ccccc12. The number of alkyl halides is 3. The van der Waals surface area contributed by atoms with Crippen molar-refractivity contribution in [3.05, 3.63) is 48.0 Å². The van der Waals surface area contributed by atoms with Crippen LogP contribution < -0.4 is 0 Å². The van der Waals surface area contributed by atoms with Crippen LogP contribution in [0, 0.1) is 0 Å². The van der Waals surface area contributed by atoms with Crippen LogP contribution in [-0.2, 0) is 11.3 Å². The van der Waals surface area contributed by atoms with Crippen LogP contribution in [0.5, 0.6) is 0 Å². The summed E-state index contributed by atoms with van der Waals surface area (Å²) in [6.07, 6.45) is -4.59. The molecule has 84 valence electrons. The fourth-order valence-corrected chi connectivity index (χ4v) is 1.58. The zero-order valence-corrected chi connectivity index (χ0v) is 8.29. The van der Waals surface area contributed by atoms with Crippen LogP contribution in [0.15, 0.2) is 42.5 Å². The van der Waals surface area contributed by atoms with Gasteiger partial charge in [-0.1, -0.05) is 42.5 Å².